The Balaban J connectivity index is 1.05. The Morgan fingerprint density at radius 1 is 0.492 bits per heavy atom. The van der Waals surface area contributed by atoms with Crippen LogP contribution in [0.3, 0.4) is 0 Å². The van der Waals surface area contributed by atoms with Crippen LogP contribution in [-0.4, -0.2) is 4.98 Å². The Hall–Kier alpha value is -7.55. The van der Waals surface area contributed by atoms with Crippen molar-refractivity contribution in [3.63, 3.8) is 0 Å². The normalized spacial score (nSPS) is 15.2. The first-order valence-electron chi connectivity index (χ1n) is 20.4. The summed E-state index contributed by atoms with van der Waals surface area (Å²) in [5.41, 5.74) is 16.7. The molecule has 0 N–H and O–H groups in total. The van der Waals surface area contributed by atoms with E-state index >= 15 is 0 Å². The highest BCUT2D eigenvalue weighted by atomic mass is 15.1. The molecule has 9 aromatic rings. The van der Waals surface area contributed by atoms with Gasteiger partial charge < -0.3 is 4.90 Å². The fraction of sp³-hybridized carbons (Fsp3) is 0.0351. The fourth-order valence-electron chi connectivity index (χ4n) is 9.76. The number of hydrogen-bond donors (Lipinski definition) is 0. The van der Waals surface area contributed by atoms with Gasteiger partial charge in [-0.15, -0.1) is 0 Å². The molecule has 1 atom stereocenters. The Kier molecular flexibility index (Phi) is 8.30. The van der Waals surface area contributed by atoms with Gasteiger partial charge in [0.15, 0.2) is 0 Å². The Morgan fingerprint density at radius 3 is 2.02 bits per heavy atom. The van der Waals surface area contributed by atoms with E-state index in [2.05, 4.69) is 223 Å². The van der Waals surface area contributed by atoms with Crippen LogP contribution in [0.1, 0.15) is 29.2 Å². The van der Waals surface area contributed by atoms with Gasteiger partial charge in [-0.2, -0.15) is 0 Å². The highest BCUT2D eigenvalue weighted by molar-refractivity contribution is 6.05. The molecule has 0 saturated heterocycles. The molecule has 0 bridgehead atoms. The summed E-state index contributed by atoms with van der Waals surface area (Å²) in [6.07, 6.45) is 15.0. The molecule has 1 heterocycles. The van der Waals surface area contributed by atoms with Gasteiger partial charge in [0, 0.05) is 17.3 Å². The van der Waals surface area contributed by atoms with Gasteiger partial charge in [0.1, 0.15) is 0 Å². The van der Waals surface area contributed by atoms with E-state index in [9.17, 15) is 0 Å². The first kappa shape index (κ1) is 34.7. The van der Waals surface area contributed by atoms with Crippen LogP contribution in [0.4, 0.5) is 17.1 Å². The quantitative estimate of drug-likeness (QED) is 0.151. The van der Waals surface area contributed by atoms with E-state index in [0.717, 1.165) is 22.6 Å². The number of hydrogen-bond acceptors (Lipinski definition) is 2. The first-order valence-corrected chi connectivity index (χ1v) is 20.4. The molecule has 278 valence electrons. The maximum Gasteiger partial charge on any atom is 0.0671 e. The van der Waals surface area contributed by atoms with E-state index in [1.54, 1.807) is 0 Å². The lowest BCUT2D eigenvalue weighted by Crippen LogP contribution is -2.23. The second-order valence-corrected chi connectivity index (χ2v) is 15.4. The standard InChI is InChI=1S/C57H40N2/c1-2-3-4-17-44-37-57(53-27-10-9-22-47(44)53)55-50(25-13-26-51(55)52-34-33-41-16-6-8-24-49(41)56(52)57)42-31-29-39(30-32-42)43-19-11-20-45(36-43)59(46-21-14-35-58-38-46)54-28-12-18-40-15-5-7-23-48(40)54/h2-38H,1H3/b3-2-,17-4-. The molecule has 1 unspecified atom stereocenters. The maximum absolute atomic E-state index is 4.52. The lowest BCUT2D eigenvalue weighted by Gasteiger charge is -2.30. The molecule has 2 aliphatic carbocycles. The number of aromatic nitrogens is 1. The molecular formula is C57H40N2. The molecule has 0 fully saturated rings. The van der Waals surface area contributed by atoms with Crippen LogP contribution in [0.5, 0.6) is 0 Å². The van der Waals surface area contributed by atoms with E-state index in [1.165, 1.54) is 77.2 Å². The van der Waals surface area contributed by atoms with E-state index in [4.69, 9.17) is 0 Å². The number of pyridine rings is 1. The van der Waals surface area contributed by atoms with Gasteiger partial charge in [0.05, 0.1) is 23.0 Å². The number of anilines is 3. The maximum atomic E-state index is 4.52. The number of rotatable bonds is 7. The van der Waals surface area contributed by atoms with Gasteiger partial charge in [-0.25, -0.2) is 0 Å². The molecule has 1 spiro atoms. The molecule has 2 heteroatoms. The van der Waals surface area contributed by atoms with E-state index in [-0.39, 0.29) is 0 Å². The molecule has 0 radical (unpaired) electrons. The number of fused-ring (bicyclic) bond motifs is 10. The minimum absolute atomic E-state index is 0.460. The summed E-state index contributed by atoms with van der Waals surface area (Å²) < 4.78 is 0. The number of nitrogens with zero attached hydrogens (tertiary/aromatic N) is 2. The van der Waals surface area contributed by atoms with E-state index in [0.29, 0.717) is 0 Å². The van der Waals surface area contributed by atoms with Crippen molar-refractivity contribution in [1.82, 2.24) is 4.98 Å². The third-order valence-electron chi connectivity index (χ3n) is 12.2. The molecule has 2 nitrogen and oxygen atoms in total. The highest BCUT2D eigenvalue weighted by Crippen LogP contribution is 2.62. The average Bonchev–Trinajstić information content (AvgIpc) is 3.79. The average molecular weight is 753 g/mol. The van der Waals surface area contributed by atoms with Crippen LogP contribution in [0.25, 0.3) is 60.5 Å². The summed E-state index contributed by atoms with van der Waals surface area (Å²) in [4.78, 5) is 6.83. The summed E-state index contributed by atoms with van der Waals surface area (Å²) in [7, 11) is 0. The third-order valence-corrected chi connectivity index (χ3v) is 12.2. The second-order valence-electron chi connectivity index (χ2n) is 15.4. The summed E-state index contributed by atoms with van der Waals surface area (Å²) in [6.45, 7) is 2.07. The molecule has 2 aliphatic rings. The lowest BCUT2D eigenvalue weighted by molar-refractivity contribution is 0.831. The van der Waals surface area contributed by atoms with Gasteiger partial charge >= 0.3 is 0 Å². The minimum Gasteiger partial charge on any atom is -0.308 e. The molecule has 0 aliphatic heterocycles. The topological polar surface area (TPSA) is 16.1 Å². The van der Waals surface area contributed by atoms with Crippen molar-refractivity contribution in [3.05, 3.63) is 247 Å². The lowest BCUT2D eigenvalue weighted by atomic mass is 9.71. The van der Waals surface area contributed by atoms with Gasteiger partial charge in [0.2, 0.25) is 0 Å². The predicted molar refractivity (Wildman–Crippen MR) is 248 cm³/mol. The van der Waals surface area contributed by atoms with Gasteiger partial charge in [-0.1, -0.05) is 182 Å². The van der Waals surface area contributed by atoms with Crippen molar-refractivity contribution in [3.8, 4) is 33.4 Å². The van der Waals surface area contributed by atoms with Crippen molar-refractivity contribution < 1.29 is 0 Å². The summed E-state index contributed by atoms with van der Waals surface area (Å²) in [5, 5.41) is 4.96. The molecule has 11 rings (SSSR count). The molecule has 0 amide bonds. The molecule has 1 aromatic heterocycles. The van der Waals surface area contributed by atoms with Crippen LogP contribution < -0.4 is 4.90 Å². The van der Waals surface area contributed by atoms with Crippen LogP contribution in [0.2, 0.25) is 0 Å². The molecule has 0 saturated carbocycles. The zero-order chi connectivity index (χ0) is 39.3. The van der Waals surface area contributed by atoms with Crippen molar-refractivity contribution >= 4 is 44.2 Å². The Morgan fingerprint density at radius 2 is 1.17 bits per heavy atom. The highest BCUT2D eigenvalue weighted by Gasteiger charge is 2.49. The first-order chi connectivity index (χ1) is 29.2. The number of benzene rings is 8. The van der Waals surface area contributed by atoms with Crippen molar-refractivity contribution in [2.45, 2.75) is 12.3 Å². The number of allylic oxidation sites excluding steroid dienone is 6. The molecule has 59 heavy (non-hydrogen) atoms. The van der Waals surface area contributed by atoms with Crippen molar-refractivity contribution in [1.29, 1.82) is 0 Å². The Bertz CT molecular complexity index is 3160. The van der Waals surface area contributed by atoms with Crippen molar-refractivity contribution in [2.75, 3.05) is 4.90 Å². The summed E-state index contributed by atoms with van der Waals surface area (Å²) >= 11 is 0. The monoisotopic (exact) mass is 752 g/mol. The van der Waals surface area contributed by atoms with Crippen LogP contribution >= 0.6 is 0 Å². The molecule has 8 aromatic carbocycles. The minimum atomic E-state index is -0.460. The zero-order valence-electron chi connectivity index (χ0n) is 32.8. The van der Waals surface area contributed by atoms with E-state index in [1.807, 2.05) is 18.5 Å². The summed E-state index contributed by atoms with van der Waals surface area (Å²) in [6, 6.07) is 66.7. The second kappa shape index (κ2) is 14.1. The smallest absolute Gasteiger partial charge is 0.0671 e. The Labute approximate surface area is 345 Å². The summed E-state index contributed by atoms with van der Waals surface area (Å²) in [5.74, 6) is 0. The van der Waals surface area contributed by atoms with Crippen molar-refractivity contribution in [2.24, 2.45) is 0 Å². The van der Waals surface area contributed by atoms with Crippen LogP contribution in [0.15, 0.2) is 225 Å². The van der Waals surface area contributed by atoms with Gasteiger partial charge in [-0.3, -0.25) is 4.98 Å². The third kappa shape index (κ3) is 5.52. The fourth-order valence-corrected chi connectivity index (χ4v) is 9.76. The SMILES string of the molecule is C/C=C\C=C/C1=CC2(c3ccccc31)c1c(-c3ccc(-c4cccc(N(c5cccnc5)c5cccc6ccccc56)c4)cc3)cccc1-c1ccc3ccccc3c12. The predicted octanol–water partition coefficient (Wildman–Crippen LogP) is 15.0. The largest absolute Gasteiger partial charge is 0.308 e. The van der Waals surface area contributed by atoms with Crippen LogP contribution in [0, 0.1) is 0 Å². The van der Waals surface area contributed by atoms with Crippen LogP contribution in [-0.2, 0) is 5.41 Å². The van der Waals surface area contributed by atoms with Gasteiger partial charge in [0.25, 0.3) is 0 Å². The van der Waals surface area contributed by atoms with E-state index < -0.39 is 5.41 Å². The molecular weight excluding hydrogens is 713 g/mol. The zero-order valence-corrected chi connectivity index (χ0v) is 32.8. The van der Waals surface area contributed by atoms with Gasteiger partial charge in [-0.05, 0) is 115 Å².